The molecule has 0 radical (unpaired) electrons. The van der Waals surface area contributed by atoms with Gasteiger partial charge in [-0.05, 0) is 35.9 Å². The monoisotopic (exact) mass is 446 g/mol. The zero-order valence-electron chi connectivity index (χ0n) is 18.4. The highest BCUT2D eigenvalue weighted by atomic mass is 16.5. The molecule has 0 saturated heterocycles. The van der Waals surface area contributed by atoms with Crippen LogP contribution in [0.25, 0.3) is 22.3 Å². The number of rotatable bonds is 10. The lowest BCUT2D eigenvalue weighted by Gasteiger charge is -2.07. The Morgan fingerprint density at radius 3 is 2.73 bits per heavy atom. The molecular formula is C24H26N6O3. The number of nitrogen functional groups attached to an aromatic ring is 1. The predicted octanol–water partition coefficient (Wildman–Crippen LogP) is 2.53. The third kappa shape index (κ3) is 6.05. The van der Waals surface area contributed by atoms with Crippen LogP contribution in [0.1, 0.15) is 11.4 Å². The summed E-state index contributed by atoms with van der Waals surface area (Å²) in [4.78, 5) is 28.0. The number of ether oxygens (including phenoxy) is 2. The van der Waals surface area contributed by atoms with Gasteiger partial charge in [0.15, 0.2) is 0 Å². The third-order valence-corrected chi connectivity index (χ3v) is 5.02. The van der Waals surface area contributed by atoms with Crippen molar-refractivity contribution in [2.75, 3.05) is 32.6 Å². The van der Waals surface area contributed by atoms with Gasteiger partial charge < -0.3 is 25.5 Å². The van der Waals surface area contributed by atoms with Gasteiger partial charge in [-0.1, -0.05) is 18.2 Å². The van der Waals surface area contributed by atoms with E-state index in [1.54, 1.807) is 13.3 Å². The number of aromatic nitrogens is 4. The van der Waals surface area contributed by atoms with Crippen LogP contribution in [0.3, 0.4) is 0 Å². The zero-order chi connectivity index (χ0) is 23.0. The average molecular weight is 447 g/mol. The van der Waals surface area contributed by atoms with Gasteiger partial charge in [-0.2, -0.15) is 0 Å². The van der Waals surface area contributed by atoms with Gasteiger partial charge in [0, 0.05) is 31.8 Å². The van der Waals surface area contributed by atoms with Crippen molar-refractivity contribution in [2.45, 2.75) is 12.8 Å². The fourth-order valence-electron chi connectivity index (χ4n) is 3.38. The van der Waals surface area contributed by atoms with Crippen molar-refractivity contribution in [1.29, 1.82) is 0 Å². The van der Waals surface area contributed by atoms with Crippen molar-refractivity contribution in [3.63, 3.8) is 0 Å². The highest BCUT2D eigenvalue weighted by Crippen LogP contribution is 2.22. The second-order valence-electron chi connectivity index (χ2n) is 7.48. The summed E-state index contributed by atoms with van der Waals surface area (Å²) in [5.74, 6) is 1.80. The van der Waals surface area contributed by atoms with Gasteiger partial charge in [-0.15, -0.1) is 0 Å². The van der Waals surface area contributed by atoms with Crippen LogP contribution in [0.5, 0.6) is 5.75 Å². The van der Waals surface area contributed by atoms with Crippen molar-refractivity contribution in [3.8, 4) is 17.0 Å². The summed E-state index contributed by atoms with van der Waals surface area (Å²) in [6, 6.07) is 15.3. The lowest BCUT2D eigenvalue weighted by molar-refractivity contribution is -0.120. The maximum absolute atomic E-state index is 11.9. The molecule has 0 aliphatic heterocycles. The van der Waals surface area contributed by atoms with Crippen LogP contribution >= 0.6 is 0 Å². The summed E-state index contributed by atoms with van der Waals surface area (Å²) in [5.41, 5.74) is 10.1. The first-order valence-corrected chi connectivity index (χ1v) is 10.7. The molecule has 4 N–H and O–H groups in total. The van der Waals surface area contributed by atoms with Gasteiger partial charge >= 0.3 is 0 Å². The number of anilines is 1. The van der Waals surface area contributed by atoms with E-state index in [0.717, 1.165) is 39.4 Å². The molecular weight excluding hydrogens is 420 g/mol. The first-order chi connectivity index (χ1) is 16.1. The van der Waals surface area contributed by atoms with Crippen LogP contribution in [0.15, 0.2) is 54.7 Å². The number of H-pyrrole nitrogens is 1. The van der Waals surface area contributed by atoms with Gasteiger partial charge in [0.25, 0.3) is 0 Å². The number of benzene rings is 2. The second-order valence-corrected chi connectivity index (χ2v) is 7.48. The Morgan fingerprint density at radius 1 is 1.09 bits per heavy atom. The van der Waals surface area contributed by atoms with E-state index in [1.165, 1.54) is 0 Å². The summed E-state index contributed by atoms with van der Waals surface area (Å²) in [5, 5.41) is 2.81. The zero-order valence-corrected chi connectivity index (χ0v) is 18.4. The lowest BCUT2D eigenvalue weighted by atomic mass is 10.1. The largest absolute Gasteiger partial charge is 0.493 e. The molecule has 170 valence electrons. The van der Waals surface area contributed by atoms with Gasteiger partial charge in [0.2, 0.25) is 11.9 Å². The molecule has 2 aromatic carbocycles. The molecule has 4 rings (SSSR count). The molecule has 2 heterocycles. The smallest absolute Gasteiger partial charge is 0.224 e. The van der Waals surface area contributed by atoms with Crippen molar-refractivity contribution in [3.05, 3.63) is 66.1 Å². The number of nitrogens with one attached hydrogen (secondary N) is 2. The number of amides is 1. The van der Waals surface area contributed by atoms with E-state index in [9.17, 15) is 4.79 Å². The number of fused-ring (bicyclic) bond motifs is 1. The Labute approximate surface area is 191 Å². The molecule has 0 spiro atoms. The molecule has 9 nitrogen and oxygen atoms in total. The summed E-state index contributed by atoms with van der Waals surface area (Å²) < 4.78 is 10.8. The highest BCUT2D eigenvalue weighted by Gasteiger charge is 2.08. The standard InChI is InChI=1S/C24H26N6O3/c1-32-13-11-26-23(31)14-16-2-5-18(6-3-16)33-12-9-22-28-20-7-4-17(15-21(20)29-22)19-8-10-27-24(25)30-19/h2-8,10,15H,9,11-14H2,1H3,(H,26,31)(H,28,29)(H2,25,27,30). The molecule has 0 saturated carbocycles. The van der Waals surface area contributed by atoms with Gasteiger partial charge in [0.05, 0.1) is 36.4 Å². The lowest BCUT2D eigenvalue weighted by Crippen LogP contribution is -2.28. The maximum Gasteiger partial charge on any atom is 0.224 e. The van der Waals surface area contributed by atoms with Crippen molar-refractivity contribution < 1.29 is 14.3 Å². The van der Waals surface area contributed by atoms with E-state index in [4.69, 9.17) is 15.2 Å². The molecule has 0 bridgehead atoms. The number of imidazole rings is 1. The van der Waals surface area contributed by atoms with Crippen LogP contribution in [-0.2, 0) is 22.4 Å². The highest BCUT2D eigenvalue weighted by molar-refractivity contribution is 5.81. The molecule has 0 aliphatic carbocycles. The van der Waals surface area contributed by atoms with E-state index < -0.39 is 0 Å². The number of nitrogens with two attached hydrogens (primary N) is 1. The van der Waals surface area contributed by atoms with Gasteiger partial charge in [0.1, 0.15) is 11.6 Å². The summed E-state index contributed by atoms with van der Waals surface area (Å²) in [6.07, 6.45) is 2.60. The molecule has 33 heavy (non-hydrogen) atoms. The van der Waals surface area contributed by atoms with Crippen LogP contribution in [0, 0.1) is 0 Å². The Balaban J connectivity index is 1.30. The first kappa shape index (κ1) is 22.2. The average Bonchev–Trinajstić information content (AvgIpc) is 3.22. The van der Waals surface area contributed by atoms with Crippen molar-refractivity contribution >= 4 is 22.9 Å². The molecule has 4 aromatic rings. The minimum atomic E-state index is -0.0306. The van der Waals surface area contributed by atoms with Gasteiger partial charge in [-0.25, -0.2) is 15.0 Å². The molecule has 0 unspecified atom stereocenters. The van der Waals surface area contributed by atoms with E-state index in [0.29, 0.717) is 32.6 Å². The quantitative estimate of drug-likeness (QED) is 0.319. The van der Waals surface area contributed by atoms with E-state index in [1.807, 2.05) is 48.5 Å². The third-order valence-electron chi connectivity index (χ3n) is 5.02. The molecule has 2 aromatic heterocycles. The van der Waals surface area contributed by atoms with Gasteiger partial charge in [-0.3, -0.25) is 4.79 Å². The maximum atomic E-state index is 11.9. The molecule has 0 fully saturated rings. The number of hydrogen-bond acceptors (Lipinski definition) is 7. The second kappa shape index (κ2) is 10.6. The number of nitrogens with zero attached hydrogens (tertiary/aromatic N) is 3. The van der Waals surface area contributed by atoms with E-state index >= 15 is 0 Å². The topological polar surface area (TPSA) is 128 Å². The summed E-state index contributed by atoms with van der Waals surface area (Å²) in [7, 11) is 1.60. The SMILES string of the molecule is COCCNC(=O)Cc1ccc(OCCc2nc3ccc(-c4ccnc(N)n4)cc3[nH]2)cc1. The fourth-order valence-corrected chi connectivity index (χ4v) is 3.38. The molecule has 1 amide bonds. The molecule has 0 aliphatic rings. The summed E-state index contributed by atoms with van der Waals surface area (Å²) >= 11 is 0. The predicted molar refractivity (Wildman–Crippen MR) is 126 cm³/mol. The Hall–Kier alpha value is -3.98. The van der Waals surface area contributed by atoms with Crippen LogP contribution in [-0.4, -0.2) is 52.7 Å². The van der Waals surface area contributed by atoms with E-state index in [2.05, 4.69) is 25.3 Å². The fraction of sp³-hybridized carbons (Fsp3) is 0.250. The number of carbonyl (C=O) groups is 1. The Morgan fingerprint density at radius 2 is 1.94 bits per heavy atom. The number of carbonyl (C=O) groups excluding carboxylic acids is 1. The van der Waals surface area contributed by atoms with Crippen molar-refractivity contribution in [2.24, 2.45) is 0 Å². The van der Waals surface area contributed by atoms with E-state index in [-0.39, 0.29) is 11.9 Å². The van der Waals surface area contributed by atoms with Crippen LogP contribution in [0.4, 0.5) is 5.95 Å². The molecule has 0 atom stereocenters. The number of aromatic amines is 1. The number of methoxy groups -OCH3 is 1. The van der Waals surface area contributed by atoms with Crippen LogP contribution in [0.2, 0.25) is 0 Å². The van der Waals surface area contributed by atoms with Crippen molar-refractivity contribution in [1.82, 2.24) is 25.3 Å². The normalized spacial score (nSPS) is 10.9. The molecule has 9 heteroatoms. The summed E-state index contributed by atoms with van der Waals surface area (Å²) in [6.45, 7) is 1.49. The Bertz CT molecular complexity index is 1220. The number of hydrogen-bond donors (Lipinski definition) is 3. The van der Waals surface area contributed by atoms with Crippen LogP contribution < -0.4 is 15.8 Å². The minimum absolute atomic E-state index is 0.0306. The first-order valence-electron chi connectivity index (χ1n) is 10.7. The minimum Gasteiger partial charge on any atom is -0.493 e. The Kier molecular flexibility index (Phi) is 7.11.